The van der Waals surface area contributed by atoms with E-state index in [1.165, 1.54) is 0 Å². The fraction of sp³-hybridized carbons (Fsp3) is 0.474. The Balaban J connectivity index is 1.38. The van der Waals surface area contributed by atoms with E-state index >= 15 is 0 Å². The molecule has 3 heterocycles. The third kappa shape index (κ3) is 4.78. The molecule has 4 rings (SSSR count). The van der Waals surface area contributed by atoms with Gasteiger partial charge in [0.15, 0.2) is 5.69 Å². The predicted octanol–water partition coefficient (Wildman–Crippen LogP) is 2.73. The number of hydrogen-bond acceptors (Lipinski definition) is 5. The van der Waals surface area contributed by atoms with Gasteiger partial charge in [-0.1, -0.05) is 0 Å². The Morgan fingerprint density at radius 3 is 2.67 bits per heavy atom. The number of hydrogen-bond donors (Lipinski definition) is 3. The van der Waals surface area contributed by atoms with Gasteiger partial charge in [0.25, 0.3) is 5.91 Å². The molecule has 1 aliphatic carbocycles. The van der Waals surface area contributed by atoms with Gasteiger partial charge in [-0.15, -0.1) is 0 Å². The van der Waals surface area contributed by atoms with E-state index in [9.17, 15) is 18.0 Å². The Kier molecular flexibility index (Phi) is 5.71. The molecule has 0 aliphatic heterocycles. The summed E-state index contributed by atoms with van der Waals surface area (Å²) in [5, 5.41) is 5.97. The van der Waals surface area contributed by atoms with Gasteiger partial charge in [0.05, 0.1) is 17.5 Å². The maximum Gasteiger partial charge on any atom is 0.390 e. The number of aromatic amines is 1. The van der Waals surface area contributed by atoms with Crippen LogP contribution in [0.15, 0.2) is 31.0 Å². The molecule has 0 saturated heterocycles. The van der Waals surface area contributed by atoms with E-state index in [0.29, 0.717) is 42.7 Å². The number of rotatable bonds is 6. The van der Waals surface area contributed by atoms with Gasteiger partial charge in [-0.3, -0.25) is 9.36 Å². The lowest BCUT2D eigenvalue weighted by atomic mass is 9.91. The zero-order valence-electron chi connectivity index (χ0n) is 16.1. The first-order valence-corrected chi connectivity index (χ1v) is 9.83. The van der Waals surface area contributed by atoms with Crippen molar-refractivity contribution >= 4 is 16.9 Å². The molecule has 30 heavy (non-hydrogen) atoms. The molecule has 0 unspecified atom stereocenters. The number of nitrogens with zero attached hydrogens (tertiary/aromatic N) is 4. The number of fused-ring (bicyclic) bond motifs is 1. The number of imidazole rings is 1. The zero-order chi connectivity index (χ0) is 21.1. The van der Waals surface area contributed by atoms with E-state index in [4.69, 9.17) is 0 Å². The van der Waals surface area contributed by atoms with Gasteiger partial charge >= 0.3 is 6.18 Å². The Morgan fingerprint density at radius 1 is 1.20 bits per heavy atom. The minimum absolute atomic E-state index is 0.0440. The maximum atomic E-state index is 12.9. The average molecular weight is 421 g/mol. The second-order valence-corrected chi connectivity index (χ2v) is 7.42. The average Bonchev–Trinajstić information content (AvgIpc) is 3.39. The van der Waals surface area contributed by atoms with Gasteiger partial charge < -0.3 is 15.6 Å². The summed E-state index contributed by atoms with van der Waals surface area (Å²) in [4.78, 5) is 28.8. The number of halogens is 3. The molecule has 3 aromatic rings. The molecule has 3 N–H and O–H groups in total. The predicted molar refractivity (Wildman–Crippen MR) is 103 cm³/mol. The summed E-state index contributed by atoms with van der Waals surface area (Å²) in [5.74, 6) is 0.0435. The van der Waals surface area contributed by atoms with Crippen molar-refractivity contribution < 1.29 is 18.0 Å². The number of H-pyrrole nitrogens is 1. The zero-order valence-corrected chi connectivity index (χ0v) is 16.1. The topological polar surface area (TPSA) is 101 Å². The molecule has 0 radical (unpaired) electrons. The summed E-state index contributed by atoms with van der Waals surface area (Å²) in [7, 11) is 0. The quantitative estimate of drug-likeness (QED) is 0.568. The Labute approximate surface area is 170 Å². The van der Waals surface area contributed by atoms with Crippen LogP contribution in [-0.2, 0) is 0 Å². The highest BCUT2D eigenvalue weighted by atomic mass is 19.4. The van der Waals surface area contributed by atoms with Crippen LogP contribution in [0.4, 0.5) is 13.2 Å². The molecular weight excluding hydrogens is 399 g/mol. The lowest BCUT2D eigenvalue weighted by molar-refractivity contribution is -0.133. The Hall–Kier alpha value is -2.95. The Morgan fingerprint density at radius 2 is 1.97 bits per heavy atom. The number of carbonyl (C=O) groups excluding carboxylic acids is 1. The van der Waals surface area contributed by atoms with Gasteiger partial charge in [0.2, 0.25) is 5.95 Å². The van der Waals surface area contributed by atoms with Crippen molar-refractivity contribution in [1.29, 1.82) is 0 Å². The summed E-state index contributed by atoms with van der Waals surface area (Å²) in [6.45, 7) is -0.0754. The lowest BCUT2D eigenvalue weighted by Gasteiger charge is -2.29. The number of nitrogens with one attached hydrogen (secondary N) is 3. The maximum absolute atomic E-state index is 12.9. The summed E-state index contributed by atoms with van der Waals surface area (Å²) < 4.78 is 38.5. The molecule has 11 heteroatoms. The van der Waals surface area contributed by atoms with Crippen molar-refractivity contribution in [2.24, 2.45) is 0 Å². The molecule has 1 amide bonds. The highest BCUT2D eigenvalue weighted by Crippen LogP contribution is 2.22. The van der Waals surface area contributed by atoms with E-state index in [-0.39, 0.29) is 30.2 Å². The number of carbonyl (C=O) groups is 1. The molecule has 1 saturated carbocycles. The van der Waals surface area contributed by atoms with E-state index in [1.54, 1.807) is 35.6 Å². The number of amides is 1. The molecule has 160 valence electrons. The highest BCUT2D eigenvalue weighted by molar-refractivity contribution is 6.03. The van der Waals surface area contributed by atoms with Gasteiger partial charge in [0, 0.05) is 37.2 Å². The fourth-order valence-electron chi connectivity index (χ4n) is 3.70. The van der Waals surface area contributed by atoms with E-state index in [0.717, 1.165) is 0 Å². The summed E-state index contributed by atoms with van der Waals surface area (Å²) in [6, 6.07) is 1.77. The molecule has 8 nitrogen and oxygen atoms in total. The monoisotopic (exact) mass is 421 g/mol. The molecule has 0 aromatic carbocycles. The van der Waals surface area contributed by atoms with E-state index in [1.807, 2.05) is 0 Å². The third-order valence-electron chi connectivity index (χ3n) is 5.25. The molecule has 3 aromatic heterocycles. The first-order valence-electron chi connectivity index (χ1n) is 9.83. The van der Waals surface area contributed by atoms with Crippen molar-refractivity contribution in [1.82, 2.24) is 35.1 Å². The Bertz CT molecular complexity index is 991. The van der Waals surface area contributed by atoms with Crippen LogP contribution in [0, 0.1) is 0 Å². The van der Waals surface area contributed by atoms with E-state index in [2.05, 4.69) is 30.6 Å². The van der Waals surface area contributed by atoms with Gasteiger partial charge in [-0.2, -0.15) is 13.2 Å². The van der Waals surface area contributed by atoms with Gasteiger partial charge in [-0.25, -0.2) is 15.0 Å². The molecule has 1 aliphatic rings. The van der Waals surface area contributed by atoms with Crippen molar-refractivity contribution in [2.45, 2.75) is 50.4 Å². The van der Waals surface area contributed by atoms with Crippen molar-refractivity contribution in [3.63, 3.8) is 0 Å². The van der Waals surface area contributed by atoms with E-state index < -0.39 is 12.6 Å². The summed E-state index contributed by atoms with van der Waals surface area (Å²) >= 11 is 0. The smallest absolute Gasteiger partial charge is 0.358 e. The third-order valence-corrected chi connectivity index (χ3v) is 5.25. The second kappa shape index (κ2) is 8.42. The van der Waals surface area contributed by atoms with Crippen LogP contribution in [0.1, 0.15) is 42.6 Å². The lowest BCUT2D eigenvalue weighted by Crippen LogP contribution is -2.43. The SMILES string of the molecule is O=C(N[C@H]1CC[C@H](NCCC(F)(F)F)CC1)c1nc(-n2ccnc2)nc2cc[nH]c12. The molecular formula is C19H22F3N7O. The molecule has 0 atom stereocenters. The standard InChI is InChI=1S/C19H22F3N7O/c20-19(21,22)6-8-24-12-1-3-13(4-2-12)26-17(30)16-15-14(5-7-25-15)27-18(28-16)29-10-9-23-11-29/h5,7,9-13,24-25H,1-4,6,8H2,(H,26,30)/t12-,13-. The van der Waals surface area contributed by atoms with Gasteiger partial charge in [-0.05, 0) is 31.7 Å². The fourth-order valence-corrected chi connectivity index (χ4v) is 3.70. The first-order chi connectivity index (χ1) is 14.4. The minimum atomic E-state index is -4.14. The normalized spacial score (nSPS) is 19.8. The van der Waals surface area contributed by atoms with Crippen molar-refractivity contribution in [3.8, 4) is 5.95 Å². The van der Waals surface area contributed by atoms with Crippen molar-refractivity contribution in [2.75, 3.05) is 6.54 Å². The number of aromatic nitrogens is 5. The van der Waals surface area contributed by atoms with Crippen LogP contribution in [0.3, 0.4) is 0 Å². The van der Waals surface area contributed by atoms with Gasteiger partial charge in [0.1, 0.15) is 6.33 Å². The van der Waals surface area contributed by atoms with Crippen LogP contribution < -0.4 is 10.6 Å². The second-order valence-electron chi connectivity index (χ2n) is 7.42. The van der Waals surface area contributed by atoms with Crippen LogP contribution in [0.2, 0.25) is 0 Å². The molecule has 0 bridgehead atoms. The molecule has 0 spiro atoms. The van der Waals surface area contributed by atoms with Crippen LogP contribution >= 0.6 is 0 Å². The largest absolute Gasteiger partial charge is 0.390 e. The first kappa shape index (κ1) is 20.3. The minimum Gasteiger partial charge on any atom is -0.358 e. The molecule has 1 fully saturated rings. The number of alkyl halides is 3. The summed E-state index contributed by atoms with van der Waals surface area (Å²) in [6.07, 6.45) is 4.40. The highest BCUT2D eigenvalue weighted by Gasteiger charge is 2.28. The van der Waals surface area contributed by atoms with Crippen LogP contribution in [0.25, 0.3) is 17.0 Å². The summed E-state index contributed by atoms with van der Waals surface area (Å²) in [5.41, 5.74) is 1.43. The van der Waals surface area contributed by atoms with Crippen LogP contribution in [0.5, 0.6) is 0 Å². The van der Waals surface area contributed by atoms with Crippen molar-refractivity contribution in [3.05, 3.63) is 36.7 Å². The van der Waals surface area contributed by atoms with Crippen LogP contribution in [-0.4, -0.2) is 55.2 Å².